The number of allylic oxidation sites excluding steroid dienone is 1. The number of nitrogens with one attached hydrogen (secondary N) is 2. The maximum absolute atomic E-state index is 14.1. The molecule has 2 aliphatic heterocycles. The lowest BCUT2D eigenvalue weighted by Crippen LogP contribution is -2.57. The third kappa shape index (κ3) is 6.62. The summed E-state index contributed by atoms with van der Waals surface area (Å²) in [5.74, 6) is -0.896. The second-order valence-corrected chi connectivity index (χ2v) is 16.9. The number of pyridine rings is 1. The average molecular weight is 753 g/mol. The lowest BCUT2D eigenvalue weighted by Gasteiger charge is -2.27. The van der Waals surface area contributed by atoms with Gasteiger partial charge in [-0.1, -0.05) is 30.3 Å². The van der Waals surface area contributed by atoms with Gasteiger partial charge in [0, 0.05) is 35.4 Å². The summed E-state index contributed by atoms with van der Waals surface area (Å²) < 4.78 is 39.3. The Morgan fingerprint density at radius 1 is 1.22 bits per heavy atom. The van der Waals surface area contributed by atoms with Gasteiger partial charge in [-0.25, -0.2) is 28.2 Å². The van der Waals surface area contributed by atoms with Crippen molar-refractivity contribution in [2.45, 2.75) is 74.3 Å². The van der Waals surface area contributed by atoms with Gasteiger partial charge < -0.3 is 19.7 Å². The minimum atomic E-state index is -3.96. The number of carbonyl (C=O) groups excluding carboxylic acids is 3. The lowest BCUT2D eigenvalue weighted by atomic mass is 10.1. The van der Waals surface area contributed by atoms with Gasteiger partial charge in [0.1, 0.15) is 44.9 Å². The normalized spacial score (nSPS) is 27.0. The van der Waals surface area contributed by atoms with E-state index in [2.05, 4.69) is 26.6 Å². The van der Waals surface area contributed by atoms with E-state index < -0.39 is 56.2 Å². The number of methoxy groups -OCH3 is 1. The fraction of sp³-hybridized carbons (Fsp3) is 0.429. The summed E-state index contributed by atoms with van der Waals surface area (Å²) in [5, 5.41) is 6.15. The summed E-state index contributed by atoms with van der Waals surface area (Å²) in [7, 11) is -2.45. The molecule has 2 aromatic heterocycles. The highest BCUT2D eigenvalue weighted by Gasteiger charge is 2.63. The molecule has 4 heterocycles. The van der Waals surface area contributed by atoms with Crippen LogP contribution in [0.25, 0.3) is 27.7 Å². The number of aromatic nitrogens is 2. The molecule has 16 heteroatoms. The Bertz CT molecular complexity index is 2110. The van der Waals surface area contributed by atoms with E-state index in [9.17, 15) is 22.8 Å². The number of amides is 4. The molecule has 1 saturated heterocycles. The number of hydrogen-bond donors (Lipinski definition) is 2. The van der Waals surface area contributed by atoms with Crippen LogP contribution in [0.2, 0.25) is 5.02 Å². The predicted octanol–water partition coefficient (Wildman–Crippen LogP) is 5.29. The molecule has 4 aliphatic rings. The van der Waals surface area contributed by atoms with Crippen molar-refractivity contribution in [1.29, 1.82) is 0 Å². The number of carbonyl (C=O) groups is 3. The van der Waals surface area contributed by atoms with Crippen molar-refractivity contribution < 1.29 is 32.3 Å². The first-order valence-corrected chi connectivity index (χ1v) is 19.4. The highest BCUT2D eigenvalue weighted by molar-refractivity contribution is 7.91. The fourth-order valence-corrected chi connectivity index (χ4v) is 8.81. The second kappa shape index (κ2) is 13.3. The van der Waals surface area contributed by atoms with Crippen molar-refractivity contribution in [3.05, 3.63) is 53.0 Å². The Hall–Kier alpha value is -4.34. The van der Waals surface area contributed by atoms with Crippen molar-refractivity contribution in [2.24, 2.45) is 10.9 Å². The van der Waals surface area contributed by atoms with Crippen molar-refractivity contribution >= 4 is 74.0 Å². The first-order chi connectivity index (χ1) is 24.4. The van der Waals surface area contributed by atoms with Crippen LogP contribution in [0.1, 0.15) is 57.6 Å². The number of rotatable bonds is 8. The van der Waals surface area contributed by atoms with Gasteiger partial charge in [-0.2, -0.15) is 0 Å². The minimum Gasteiger partial charge on any atom is -0.495 e. The van der Waals surface area contributed by atoms with E-state index in [0.717, 1.165) is 6.42 Å². The van der Waals surface area contributed by atoms with E-state index in [1.807, 2.05) is 17.5 Å². The first kappa shape index (κ1) is 35.1. The van der Waals surface area contributed by atoms with Crippen molar-refractivity contribution in [1.82, 2.24) is 24.9 Å². The topological polar surface area (TPSA) is 169 Å². The van der Waals surface area contributed by atoms with Crippen LogP contribution in [0.15, 0.2) is 47.3 Å². The van der Waals surface area contributed by atoms with E-state index in [4.69, 9.17) is 26.1 Å². The van der Waals surface area contributed by atoms with Crippen LogP contribution in [0.5, 0.6) is 11.5 Å². The van der Waals surface area contributed by atoms with E-state index >= 15 is 0 Å². The number of nitrogens with zero attached hydrogens (tertiary/aromatic N) is 4. The van der Waals surface area contributed by atoms with Crippen LogP contribution in [-0.2, 0) is 19.6 Å². The third-order valence-electron chi connectivity index (χ3n) is 9.99. The zero-order valence-electron chi connectivity index (χ0n) is 28.1. The van der Waals surface area contributed by atoms with Crippen molar-refractivity contribution in [3.8, 4) is 22.2 Å². The largest absolute Gasteiger partial charge is 0.495 e. The molecule has 7 rings (SSSR count). The SMILES string of the molecule is C=Cc1csc(-c2cc(O[C@H]3C[C@H]4C(=O)/N=C/CCC/C=C\[C@@H]5C[C@@]5(C(=O)NS(=O)(=O)C5(C)CC5)NC(=O)N4C3)c3ccc(OC)c(Cl)c3n2)n1. The molecule has 0 unspecified atom stereocenters. The molecule has 4 amide bonds. The predicted molar refractivity (Wildman–Crippen MR) is 195 cm³/mol. The standard InChI is InChI=1S/C35H37ClN6O7S2/c1-4-21-19-50-31(38-21)24-16-27(23-10-11-26(48-3)28(36)29(23)39-24)49-22-15-25-30(43)37-14-8-6-5-7-9-20-17-35(20,40-33(45)42(25)18-22)32(44)41-51(46,47)34(2)12-13-34/h4,7,9-11,14,16,19-20,22,25H,1,5-6,8,12-13,15,17-18H2,2-3H3,(H,40,45)(H,41,44)/b9-7-,37-14+/t20-,22+,25+,35-/m1/s1. The maximum atomic E-state index is 14.1. The highest BCUT2D eigenvalue weighted by Crippen LogP contribution is 2.48. The number of aliphatic imine (C=N–C) groups is 1. The number of benzene rings is 1. The van der Waals surface area contributed by atoms with Crippen LogP contribution >= 0.6 is 22.9 Å². The molecule has 2 N–H and O–H groups in total. The summed E-state index contributed by atoms with van der Waals surface area (Å²) in [6.45, 7) is 5.36. The third-order valence-corrected chi connectivity index (χ3v) is 13.4. The van der Waals surface area contributed by atoms with Crippen LogP contribution < -0.4 is 19.5 Å². The quantitative estimate of drug-likeness (QED) is 0.291. The van der Waals surface area contributed by atoms with E-state index in [-0.39, 0.29) is 24.4 Å². The second-order valence-electron chi connectivity index (χ2n) is 13.5. The van der Waals surface area contributed by atoms with Crippen molar-refractivity contribution in [3.63, 3.8) is 0 Å². The summed E-state index contributed by atoms with van der Waals surface area (Å²) in [6, 6.07) is 3.53. The van der Waals surface area contributed by atoms with Crippen LogP contribution in [-0.4, -0.2) is 83.4 Å². The number of fused-ring (bicyclic) bond motifs is 3. The maximum Gasteiger partial charge on any atom is 0.319 e. The number of thiazole rings is 1. The average Bonchev–Trinajstić information content (AvgIpc) is 3.88. The summed E-state index contributed by atoms with van der Waals surface area (Å²) in [5.41, 5.74) is 0.113. The first-order valence-electron chi connectivity index (χ1n) is 16.7. The summed E-state index contributed by atoms with van der Waals surface area (Å²) in [4.78, 5) is 56.1. The lowest BCUT2D eigenvalue weighted by molar-refractivity contribution is -0.122. The molecule has 0 radical (unpaired) electrons. The molecule has 2 aliphatic carbocycles. The molecule has 268 valence electrons. The molecular weight excluding hydrogens is 716 g/mol. The Kier molecular flexibility index (Phi) is 9.17. The Balaban J connectivity index is 1.20. The number of sulfonamides is 1. The van der Waals surface area contributed by atoms with Gasteiger partial charge in [-0.15, -0.1) is 11.3 Å². The molecular formula is C35H37ClN6O7S2. The number of halogens is 1. The van der Waals surface area contributed by atoms with Gasteiger partial charge in [0.15, 0.2) is 0 Å². The van der Waals surface area contributed by atoms with E-state index in [1.165, 1.54) is 23.3 Å². The zero-order chi connectivity index (χ0) is 36.1. The van der Waals surface area contributed by atoms with E-state index in [0.29, 0.717) is 64.5 Å². The van der Waals surface area contributed by atoms with Gasteiger partial charge >= 0.3 is 6.03 Å². The van der Waals surface area contributed by atoms with Gasteiger partial charge in [-0.05, 0) is 63.7 Å². The Labute approximate surface area is 304 Å². The number of urea groups is 1. The molecule has 0 bridgehead atoms. The Morgan fingerprint density at radius 3 is 2.75 bits per heavy atom. The molecule has 13 nitrogen and oxygen atoms in total. The van der Waals surface area contributed by atoms with Gasteiger partial charge in [-0.3, -0.25) is 14.3 Å². The molecule has 51 heavy (non-hydrogen) atoms. The number of hydrogen-bond acceptors (Lipinski definition) is 10. The molecule has 0 spiro atoms. The number of ether oxygens (including phenoxy) is 2. The summed E-state index contributed by atoms with van der Waals surface area (Å²) in [6.07, 6.45) is 9.44. The molecule has 4 atom stereocenters. The Morgan fingerprint density at radius 2 is 2.02 bits per heavy atom. The van der Waals surface area contributed by atoms with Crippen LogP contribution in [0.4, 0.5) is 4.79 Å². The molecule has 2 saturated carbocycles. The molecule has 3 aromatic rings. The van der Waals surface area contributed by atoms with Gasteiger partial charge in [0.05, 0.1) is 29.6 Å². The highest BCUT2D eigenvalue weighted by atomic mass is 35.5. The fourth-order valence-electron chi connectivity index (χ4n) is 6.45. The monoisotopic (exact) mass is 752 g/mol. The smallest absolute Gasteiger partial charge is 0.319 e. The molecule has 1 aromatic carbocycles. The van der Waals surface area contributed by atoms with Gasteiger partial charge in [0.2, 0.25) is 10.0 Å². The van der Waals surface area contributed by atoms with Crippen LogP contribution in [0.3, 0.4) is 0 Å². The zero-order valence-corrected chi connectivity index (χ0v) is 30.4. The minimum absolute atomic E-state index is 0.0206. The van der Waals surface area contributed by atoms with Gasteiger partial charge in [0.25, 0.3) is 11.8 Å². The summed E-state index contributed by atoms with van der Waals surface area (Å²) >= 11 is 8.11. The van der Waals surface area contributed by atoms with E-state index in [1.54, 1.807) is 37.4 Å². The molecule has 3 fully saturated rings. The van der Waals surface area contributed by atoms with Crippen molar-refractivity contribution in [2.75, 3.05) is 13.7 Å². The van der Waals surface area contributed by atoms with Crippen LogP contribution in [0, 0.1) is 5.92 Å².